The lowest BCUT2D eigenvalue weighted by Crippen LogP contribution is -2.15. The van der Waals surface area contributed by atoms with E-state index in [4.69, 9.17) is 0 Å². The van der Waals surface area contributed by atoms with Crippen LogP contribution in [0.2, 0.25) is 0 Å². The van der Waals surface area contributed by atoms with Gasteiger partial charge in [0.05, 0.1) is 17.5 Å². The number of aromatic nitrogens is 3. The molecule has 2 aromatic heterocycles. The summed E-state index contributed by atoms with van der Waals surface area (Å²) in [5.74, 6) is -1.20. The Morgan fingerprint density at radius 1 is 1.19 bits per heavy atom. The number of ketones is 1. The van der Waals surface area contributed by atoms with Crippen molar-refractivity contribution in [2.45, 2.75) is 32.1 Å². The average Bonchev–Trinajstić information content (AvgIpc) is 3.26. The lowest BCUT2D eigenvalue weighted by molar-refractivity contribution is 0.0971. The first-order valence-corrected chi connectivity index (χ1v) is 8.72. The van der Waals surface area contributed by atoms with Crippen LogP contribution < -0.4 is 0 Å². The number of carbonyl (C=O) groups is 1. The molecule has 3 aromatic rings. The number of hydrogen-bond donors (Lipinski definition) is 0. The van der Waals surface area contributed by atoms with E-state index in [1.807, 2.05) is 35.9 Å². The van der Waals surface area contributed by atoms with E-state index in [0.717, 1.165) is 41.8 Å². The van der Waals surface area contributed by atoms with Crippen LogP contribution in [0.3, 0.4) is 0 Å². The molecule has 128 valence electrons. The largest absolute Gasteiger partial charge is 0.290 e. The van der Waals surface area contributed by atoms with E-state index in [0.29, 0.717) is 11.4 Å². The first-order valence-electron chi connectivity index (χ1n) is 8.72. The maximum atomic E-state index is 13.1. The Morgan fingerprint density at radius 3 is 2.73 bits per heavy atom. The molecule has 0 saturated heterocycles. The molecule has 5 heteroatoms. The van der Waals surface area contributed by atoms with E-state index in [9.17, 15) is 10.1 Å². The van der Waals surface area contributed by atoms with Crippen LogP contribution >= 0.6 is 0 Å². The highest BCUT2D eigenvalue weighted by molar-refractivity contribution is 6.02. The molecule has 0 spiro atoms. The van der Waals surface area contributed by atoms with Gasteiger partial charge in [0, 0.05) is 17.5 Å². The van der Waals surface area contributed by atoms with Crippen molar-refractivity contribution < 1.29 is 4.79 Å². The number of nitriles is 1. The van der Waals surface area contributed by atoms with Crippen molar-refractivity contribution in [1.29, 1.82) is 5.26 Å². The van der Waals surface area contributed by atoms with E-state index in [2.05, 4.69) is 16.2 Å². The van der Waals surface area contributed by atoms with Crippen LogP contribution in [0.5, 0.6) is 0 Å². The lowest BCUT2D eigenvalue weighted by atomic mass is 9.96. The van der Waals surface area contributed by atoms with Gasteiger partial charge >= 0.3 is 0 Å². The predicted molar refractivity (Wildman–Crippen MR) is 97.2 cm³/mol. The lowest BCUT2D eigenvalue weighted by Gasteiger charge is -2.09. The minimum atomic E-state index is -0.930. The van der Waals surface area contributed by atoms with Crippen molar-refractivity contribution in [3.05, 3.63) is 76.9 Å². The molecule has 0 fully saturated rings. The fourth-order valence-corrected chi connectivity index (χ4v) is 3.58. The highest BCUT2D eigenvalue weighted by Gasteiger charge is 2.32. The molecular weight excluding hydrogens is 324 g/mol. The second-order valence-corrected chi connectivity index (χ2v) is 6.51. The second kappa shape index (κ2) is 6.57. The van der Waals surface area contributed by atoms with Gasteiger partial charge in [-0.15, -0.1) is 0 Å². The predicted octanol–water partition coefficient (Wildman–Crippen LogP) is 3.55. The van der Waals surface area contributed by atoms with Gasteiger partial charge in [0.1, 0.15) is 5.69 Å². The Hall–Kier alpha value is -3.26. The fraction of sp³-hybridized carbons (Fsp3) is 0.238. The molecule has 0 aliphatic heterocycles. The summed E-state index contributed by atoms with van der Waals surface area (Å²) in [5, 5.41) is 14.2. The molecule has 26 heavy (non-hydrogen) atoms. The van der Waals surface area contributed by atoms with Gasteiger partial charge in [-0.05, 0) is 49.9 Å². The Kier molecular flexibility index (Phi) is 4.10. The molecule has 2 heterocycles. The number of carbonyl (C=O) groups excluding carboxylic acids is 1. The summed E-state index contributed by atoms with van der Waals surface area (Å²) < 4.78 is 1.89. The zero-order valence-electron chi connectivity index (χ0n) is 14.5. The van der Waals surface area contributed by atoms with Crippen molar-refractivity contribution >= 4 is 5.78 Å². The van der Waals surface area contributed by atoms with Gasteiger partial charge in [0.2, 0.25) is 5.78 Å². The zero-order chi connectivity index (χ0) is 18.1. The maximum absolute atomic E-state index is 13.1. The maximum Gasteiger partial charge on any atom is 0.206 e. The van der Waals surface area contributed by atoms with E-state index in [1.54, 1.807) is 24.4 Å². The van der Waals surface area contributed by atoms with Crippen molar-refractivity contribution in [1.82, 2.24) is 14.8 Å². The van der Waals surface area contributed by atoms with E-state index in [1.165, 1.54) is 0 Å². The minimum Gasteiger partial charge on any atom is -0.290 e. The van der Waals surface area contributed by atoms with E-state index in [-0.39, 0.29) is 5.78 Å². The summed E-state index contributed by atoms with van der Waals surface area (Å²) in [7, 11) is 0. The summed E-state index contributed by atoms with van der Waals surface area (Å²) in [6.07, 6.45) is 4.32. The molecule has 0 unspecified atom stereocenters. The van der Waals surface area contributed by atoms with Gasteiger partial charge in [0.25, 0.3) is 0 Å². The third-order valence-electron chi connectivity index (χ3n) is 4.88. The molecule has 0 saturated carbocycles. The van der Waals surface area contributed by atoms with Crippen LogP contribution in [0.15, 0.2) is 48.7 Å². The molecular formula is C21H18N4O. The molecule has 1 aliphatic carbocycles. The number of nitrogens with zero attached hydrogens (tertiary/aromatic N) is 4. The molecule has 1 aromatic carbocycles. The summed E-state index contributed by atoms with van der Waals surface area (Å²) in [4.78, 5) is 17.3. The van der Waals surface area contributed by atoms with Gasteiger partial charge in [-0.1, -0.05) is 24.3 Å². The summed E-state index contributed by atoms with van der Waals surface area (Å²) >= 11 is 0. The molecule has 5 nitrogen and oxygen atoms in total. The molecule has 0 amide bonds. The van der Waals surface area contributed by atoms with Crippen LogP contribution in [-0.2, 0) is 12.8 Å². The Balaban J connectivity index is 1.81. The number of aryl methyl sites for hydroxylation is 1. The SMILES string of the molecule is Cc1ccccc1-n1nc(C(=O)[C@H](C#N)c2ccccn2)c2c1CCC2. The number of pyridine rings is 1. The average molecular weight is 342 g/mol. The van der Waals surface area contributed by atoms with Gasteiger partial charge in [-0.25, -0.2) is 4.68 Å². The Labute approximate surface area is 151 Å². The standard InChI is InChI=1S/C21H18N4O/c1-14-7-2-3-10-18(14)25-19-11-6-8-15(19)20(24-25)21(26)16(13-22)17-9-4-5-12-23-17/h2-5,7,9-10,12,16H,6,8,11H2,1H3/t16-/m1/s1. The van der Waals surface area contributed by atoms with Gasteiger partial charge in [-0.2, -0.15) is 10.4 Å². The topological polar surface area (TPSA) is 71.6 Å². The first-order chi connectivity index (χ1) is 12.7. The van der Waals surface area contributed by atoms with Gasteiger partial charge in [0.15, 0.2) is 5.92 Å². The number of fused-ring (bicyclic) bond motifs is 1. The van der Waals surface area contributed by atoms with Gasteiger partial charge in [-0.3, -0.25) is 9.78 Å². The number of hydrogen-bond acceptors (Lipinski definition) is 4. The minimum absolute atomic E-state index is 0.267. The monoisotopic (exact) mass is 342 g/mol. The third kappa shape index (κ3) is 2.60. The second-order valence-electron chi connectivity index (χ2n) is 6.51. The van der Waals surface area contributed by atoms with Crippen LogP contribution in [0, 0.1) is 18.3 Å². The Morgan fingerprint density at radius 2 is 2.00 bits per heavy atom. The Bertz CT molecular complexity index is 1010. The summed E-state index contributed by atoms with van der Waals surface area (Å²) in [6.45, 7) is 2.03. The number of rotatable bonds is 4. The summed E-state index contributed by atoms with van der Waals surface area (Å²) in [5.41, 5.74) is 5.03. The number of para-hydroxylation sites is 1. The molecule has 0 N–H and O–H groups in total. The molecule has 1 aliphatic rings. The van der Waals surface area contributed by atoms with E-state index >= 15 is 0 Å². The van der Waals surface area contributed by atoms with Crippen molar-refractivity contribution in [2.75, 3.05) is 0 Å². The van der Waals surface area contributed by atoms with Crippen LogP contribution in [-0.4, -0.2) is 20.5 Å². The number of Topliss-reactive ketones (excluding diaryl/α,β-unsaturated/α-hetero) is 1. The fourth-order valence-electron chi connectivity index (χ4n) is 3.58. The quantitative estimate of drug-likeness (QED) is 0.680. The molecule has 4 rings (SSSR count). The molecule has 0 bridgehead atoms. The first kappa shape index (κ1) is 16.2. The zero-order valence-corrected chi connectivity index (χ0v) is 14.5. The van der Waals surface area contributed by atoms with Gasteiger partial charge < -0.3 is 0 Å². The van der Waals surface area contributed by atoms with Crippen molar-refractivity contribution in [2.24, 2.45) is 0 Å². The van der Waals surface area contributed by atoms with E-state index < -0.39 is 5.92 Å². The van der Waals surface area contributed by atoms with Crippen LogP contribution in [0.25, 0.3) is 5.69 Å². The smallest absolute Gasteiger partial charge is 0.206 e. The highest BCUT2D eigenvalue weighted by atomic mass is 16.1. The normalized spacial score (nSPS) is 13.8. The highest BCUT2D eigenvalue weighted by Crippen LogP contribution is 2.31. The van der Waals surface area contributed by atoms with Crippen molar-refractivity contribution in [3.8, 4) is 11.8 Å². The molecule has 1 atom stereocenters. The van der Waals surface area contributed by atoms with Crippen molar-refractivity contribution in [3.63, 3.8) is 0 Å². The van der Waals surface area contributed by atoms with Crippen LogP contribution in [0.1, 0.15) is 45.3 Å². The third-order valence-corrected chi connectivity index (χ3v) is 4.88. The summed E-state index contributed by atoms with van der Waals surface area (Å²) in [6, 6.07) is 15.4. The molecule has 0 radical (unpaired) electrons. The van der Waals surface area contributed by atoms with Crippen LogP contribution in [0.4, 0.5) is 0 Å². The number of benzene rings is 1.